The molecule has 0 amide bonds. The first-order valence-corrected chi connectivity index (χ1v) is 9.74. The zero-order valence-corrected chi connectivity index (χ0v) is 18.1. The topological polar surface area (TPSA) is 86.6 Å². The SMILES string of the molecule is CC(C)(OC(C)(C)C(C)(C)C1OCC(CO)O1)C(C)(C)C1OCC(CO)O1. The molecule has 2 aliphatic rings. The maximum Gasteiger partial charge on any atom is 0.166 e. The number of aliphatic hydroxyl groups is 2. The number of aliphatic hydroxyl groups excluding tert-OH is 2. The van der Waals surface area contributed by atoms with Gasteiger partial charge in [-0.2, -0.15) is 0 Å². The minimum absolute atomic E-state index is 0.0607. The Kier molecular flexibility index (Phi) is 6.70. The lowest BCUT2D eigenvalue weighted by Gasteiger charge is -2.53. The summed E-state index contributed by atoms with van der Waals surface area (Å²) in [6.45, 7) is 16.9. The van der Waals surface area contributed by atoms with Gasteiger partial charge in [0.25, 0.3) is 0 Å². The highest BCUT2D eigenvalue weighted by Gasteiger charge is 2.55. The van der Waals surface area contributed by atoms with Crippen LogP contribution in [0.3, 0.4) is 0 Å². The largest absolute Gasteiger partial charge is 0.394 e. The van der Waals surface area contributed by atoms with Gasteiger partial charge in [-0.1, -0.05) is 27.7 Å². The summed E-state index contributed by atoms with van der Waals surface area (Å²) < 4.78 is 30.0. The van der Waals surface area contributed by atoms with Gasteiger partial charge in [0.2, 0.25) is 0 Å². The maximum atomic E-state index is 9.33. The highest BCUT2D eigenvalue weighted by Crippen LogP contribution is 2.48. The summed E-state index contributed by atoms with van der Waals surface area (Å²) in [4.78, 5) is 0. The fraction of sp³-hybridized carbons (Fsp3) is 1.00. The molecule has 0 aromatic rings. The molecule has 2 fully saturated rings. The first-order valence-electron chi connectivity index (χ1n) is 9.74. The maximum absolute atomic E-state index is 9.33. The van der Waals surface area contributed by atoms with Gasteiger partial charge in [0.1, 0.15) is 12.2 Å². The Morgan fingerprint density at radius 1 is 0.704 bits per heavy atom. The van der Waals surface area contributed by atoms with E-state index in [0.29, 0.717) is 13.2 Å². The fourth-order valence-electron chi connectivity index (χ4n) is 3.31. The monoisotopic (exact) mass is 390 g/mol. The van der Waals surface area contributed by atoms with Crippen LogP contribution >= 0.6 is 0 Å². The Labute approximate surface area is 163 Å². The van der Waals surface area contributed by atoms with Crippen LogP contribution in [0.1, 0.15) is 55.4 Å². The summed E-state index contributed by atoms with van der Waals surface area (Å²) in [6.07, 6.45) is -1.54. The van der Waals surface area contributed by atoms with Crippen molar-refractivity contribution >= 4 is 0 Å². The summed E-state index contributed by atoms with van der Waals surface area (Å²) in [6, 6.07) is 0. The Hall–Kier alpha value is -0.280. The molecule has 0 bridgehead atoms. The lowest BCUT2D eigenvalue weighted by molar-refractivity contribution is -0.287. The van der Waals surface area contributed by atoms with E-state index in [9.17, 15) is 10.2 Å². The molecule has 0 aromatic heterocycles. The van der Waals surface area contributed by atoms with Gasteiger partial charge in [-0.05, 0) is 27.7 Å². The quantitative estimate of drug-likeness (QED) is 0.656. The standard InChI is InChI=1S/C20H38O7/c1-17(2,15-23-11-13(9-21)25-15)19(5,6)27-20(7,8)18(3,4)16-24-12-14(10-22)26-16/h13-16,21-22H,9-12H2,1-8H3. The van der Waals surface area contributed by atoms with Crippen LogP contribution in [0.2, 0.25) is 0 Å². The molecule has 2 N–H and O–H groups in total. The molecule has 0 aromatic carbocycles. The average Bonchev–Trinajstić information content (AvgIpc) is 3.23. The second-order valence-electron chi connectivity index (χ2n) is 9.78. The van der Waals surface area contributed by atoms with Gasteiger partial charge in [-0.15, -0.1) is 0 Å². The third-order valence-electron chi connectivity index (χ3n) is 6.70. The van der Waals surface area contributed by atoms with Crippen molar-refractivity contribution in [3.63, 3.8) is 0 Å². The van der Waals surface area contributed by atoms with E-state index in [2.05, 4.69) is 0 Å². The van der Waals surface area contributed by atoms with Crippen LogP contribution in [-0.2, 0) is 23.7 Å². The van der Waals surface area contributed by atoms with Crippen molar-refractivity contribution in [1.29, 1.82) is 0 Å². The van der Waals surface area contributed by atoms with Gasteiger partial charge in [0, 0.05) is 10.8 Å². The third-order valence-corrected chi connectivity index (χ3v) is 6.70. The Bertz CT molecular complexity index is 457. The Morgan fingerprint density at radius 3 is 1.30 bits per heavy atom. The van der Waals surface area contributed by atoms with Crippen LogP contribution in [0.4, 0.5) is 0 Å². The van der Waals surface area contributed by atoms with Crippen molar-refractivity contribution in [2.24, 2.45) is 10.8 Å². The molecule has 4 atom stereocenters. The van der Waals surface area contributed by atoms with Gasteiger partial charge in [-0.25, -0.2) is 0 Å². The highest BCUT2D eigenvalue weighted by atomic mass is 16.7. The zero-order chi connectivity index (χ0) is 20.7. The summed E-state index contributed by atoms with van der Waals surface area (Å²) >= 11 is 0. The molecule has 160 valence electrons. The van der Waals surface area contributed by atoms with Gasteiger partial charge in [0.05, 0.1) is 37.6 Å². The average molecular weight is 391 g/mol. The van der Waals surface area contributed by atoms with Crippen molar-refractivity contribution < 1.29 is 33.9 Å². The first kappa shape index (κ1) is 23.0. The molecule has 0 radical (unpaired) electrons. The molecule has 4 unspecified atom stereocenters. The van der Waals surface area contributed by atoms with Crippen LogP contribution in [0, 0.1) is 10.8 Å². The minimum Gasteiger partial charge on any atom is -0.394 e. The minimum atomic E-state index is -0.613. The number of hydrogen-bond donors (Lipinski definition) is 2. The van der Waals surface area contributed by atoms with Crippen molar-refractivity contribution in [3.05, 3.63) is 0 Å². The predicted molar refractivity (Wildman–Crippen MR) is 100 cm³/mol. The third kappa shape index (κ3) is 4.34. The lowest BCUT2D eigenvalue weighted by atomic mass is 9.72. The highest BCUT2D eigenvalue weighted by molar-refractivity contribution is 4.99. The summed E-state index contributed by atoms with van der Waals surface area (Å²) in [5.74, 6) is 0. The number of hydrogen-bond acceptors (Lipinski definition) is 7. The predicted octanol–water partition coefficient (Wildman–Crippen LogP) is 2.08. The molecular formula is C20H38O7. The number of ether oxygens (including phenoxy) is 5. The van der Waals surface area contributed by atoms with Crippen LogP contribution in [0.5, 0.6) is 0 Å². The summed E-state index contributed by atoms with van der Waals surface area (Å²) in [7, 11) is 0. The molecule has 2 aliphatic heterocycles. The zero-order valence-electron chi connectivity index (χ0n) is 18.1. The second-order valence-corrected chi connectivity index (χ2v) is 9.78. The summed E-state index contributed by atoms with van der Waals surface area (Å²) in [5.41, 5.74) is -2.18. The molecule has 27 heavy (non-hydrogen) atoms. The van der Waals surface area contributed by atoms with E-state index < -0.39 is 34.6 Å². The van der Waals surface area contributed by atoms with Crippen molar-refractivity contribution in [1.82, 2.24) is 0 Å². The lowest BCUT2D eigenvalue weighted by Crippen LogP contribution is -2.58. The van der Waals surface area contributed by atoms with Gasteiger partial charge >= 0.3 is 0 Å². The van der Waals surface area contributed by atoms with E-state index in [1.165, 1.54) is 0 Å². The molecule has 2 heterocycles. The second kappa shape index (κ2) is 7.86. The van der Waals surface area contributed by atoms with Crippen LogP contribution in [0.25, 0.3) is 0 Å². The van der Waals surface area contributed by atoms with E-state index in [-0.39, 0.29) is 25.4 Å². The molecule has 0 spiro atoms. The fourth-order valence-corrected chi connectivity index (χ4v) is 3.31. The molecule has 2 rings (SSSR count). The van der Waals surface area contributed by atoms with Crippen molar-refractivity contribution in [2.75, 3.05) is 26.4 Å². The Morgan fingerprint density at radius 2 is 1.04 bits per heavy atom. The van der Waals surface area contributed by atoms with Gasteiger partial charge in [-0.3, -0.25) is 0 Å². The van der Waals surface area contributed by atoms with E-state index in [0.717, 1.165) is 0 Å². The van der Waals surface area contributed by atoms with E-state index in [1.54, 1.807) is 0 Å². The molecule has 2 saturated heterocycles. The normalized spacial score (nSPS) is 30.9. The van der Waals surface area contributed by atoms with Crippen LogP contribution in [-0.4, -0.2) is 72.6 Å². The van der Waals surface area contributed by atoms with Gasteiger partial charge in [0.15, 0.2) is 12.6 Å². The molecule has 7 nitrogen and oxygen atoms in total. The van der Waals surface area contributed by atoms with Crippen molar-refractivity contribution in [2.45, 2.75) is 91.4 Å². The van der Waals surface area contributed by atoms with Gasteiger partial charge < -0.3 is 33.9 Å². The summed E-state index contributed by atoms with van der Waals surface area (Å²) in [5, 5.41) is 18.7. The van der Waals surface area contributed by atoms with Crippen molar-refractivity contribution in [3.8, 4) is 0 Å². The molecule has 7 heteroatoms. The molecule has 0 aliphatic carbocycles. The molecule has 0 saturated carbocycles. The number of rotatable bonds is 8. The Balaban J connectivity index is 2.14. The van der Waals surface area contributed by atoms with Crippen LogP contribution in [0.15, 0.2) is 0 Å². The first-order chi connectivity index (χ1) is 12.3. The smallest absolute Gasteiger partial charge is 0.166 e. The van der Waals surface area contributed by atoms with E-state index >= 15 is 0 Å². The van der Waals surface area contributed by atoms with Crippen LogP contribution < -0.4 is 0 Å². The molecular weight excluding hydrogens is 352 g/mol. The van der Waals surface area contributed by atoms with E-state index in [4.69, 9.17) is 23.7 Å². The van der Waals surface area contributed by atoms with E-state index in [1.807, 2.05) is 55.4 Å².